The fourth-order valence-corrected chi connectivity index (χ4v) is 3.02. The van der Waals surface area contributed by atoms with Crippen LogP contribution in [0.2, 0.25) is 0 Å². The first-order valence-electron chi connectivity index (χ1n) is 4.14. The molecular formula is C10H11NS2. The van der Waals surface area contributed by atoms with Crippen molar-refractivity contribution in [3.8, 4) is 10.4 Å². The summed E-state index contributed by atoms with van der Waals surface area (Å²) in [5.74, 6) is 0. The van der Waals surface area contributed by atoms with Gasteiger partial charge in [-0.25, -0.2) is 0 Å². The number of nitrogens with two attached hydrogens (primary N) is 1. The van der Waals surface area contributed by atoms with Gasteiger partial charge in [0.25, 0.3) is 0 Å². The van der Waals surface area contributed by atoms with Gasteiger partial charge < -0.3 is 5.73 Å². The van der Waals surface area contributed by atoms with Crippen LogP contribution in [0.5, 0.6) is 0 Å². The minimum absolute atomic E-state index is 0.647. The molecule has 68 valence electrons. The predicted octanol–water partition coefficient (Wildman–Crippen LogP) is 3.24. The summed E-state index contributed by atoms with van der Waals surface area (Å²) in [5.41, 5.74) is 6.92. The van der Waals surface area contributed by atoms with Crippen LogP contribution in [0.3, 0.4) is 0 Å². The van der Waals surface area contributed by atoms with Crippen molar-refractivity contribution in [2.45, 2.75) is 13.5 Å². The van der Waals surface area contributed by atoms with Gasteiger partial charge in [-0.05, 0) is 30.5 Å². The molecule has 0 spiro atoms. The second-order valence-electron chi connectivity index (χ2n) is 2.86. The molecule has 0 radical (unpaired) electrons. The van der Waals surface area contributed by atoms with Crippen molar-refractivity contribution in [1.82, 2.24) is 0 Å². The zero-order chi connectivity index (χ0) is 9.26. The molecule has 0 bridgehead atoms. The van der Waals surface area contributed by atoms with Gasteiger partial charge in [0.05, 0.1) is 0 Å². The Bertz CT molecular complexity index is 400. The summed E-state index contributed by atoms with van der Waals surface area (Å²) in [5, 5.41) is 2.13. The van der Waals surface area contributed by atoms with Gasteiger partial charge in [0.1, 0.15) is 0 Å². The molecule has 13 heavy (non-hydrogen) atoms. The van der Waals surface area contributed by atoms with Crippen LogP contribution in [-0.2, 0) is 6.54 Å². The molecule has 0 aliphatic carbocycles. The molecule has 0 saturated carbocycles. The molecule has 2 heterocycles. The number of aryl methyl sites for hydroxylation is 1. The monoisotopic (exact) mass is 209 g/mol. The molecule has 0 amide bonds. The lowest BCUT2D eigenvalue weighted by Crippen LogP contribution is -1.90. The van der Waals surface area contributed by atoms with Gasteiger partial charge in [0, 0.05) is 26.7 Å². The third-order valence-corrected chi connectivity index (χ3v) is 3.97. The summed E-state index contributed by atoms with van der Waals surface area (Å²) >= 11 is 3.58. The normalized spacial score (nSPS) is 10.6. The van der Waals surface area contributed by atoms with Crippen molar-refractivity contribution >= 4 is 22.7 Å². The van der Waals surface area contributed by atoms with Gasteiger partial charge in [-0.1, -0.05) is 0 Å². The first kappa shape index (κ1) is 8.94. The van der Waals surface area contributed by atoms with E-state index in [1.165, 1.54) is 20.2 Å². The fourth-order valence-electron chi connectivity index (χ4n) is 1.27. The Morgan fingerprint density at radius 1 is 1.31 bits per heavy atom. The summed E-state index contributed by atoms with van der Waals surface area (Å²) in [7, 11) is 0. The first-order chi connectivity index (χ1) is 6.31. The lowest BCUT2D eigenvalue weighted by atomic mass is 10.2. The Morgan fingerprint density at radius 3 is 2.69 bits per heavy atom. The smallest absolute Gasteiger partial charge is 0.0357 e. The zero-order valence-electron chi connectivity index (χ0n) is 7.41. The van der Waals surface area contributed by atoms with Gasteiger partial charge in [-0.2, -0.15) is 0 Å². The Morgan fingerprint density at radius 2 is 2.15 bits per heavy atom. The topological polar surface area (TPSA) is 26.0 Å². The summed E-state index contributed by atoms with van der Waals surface area (Å²) < 4.78 is 0. The van der Waals surface area contributed by atoms with E-state index in [-0.39, 0.29) is 0 Å². The van der Waals surface area contributed by atoms with Crippen LogP contribution < -0.4 is 5.73 Å². The molecule has 0 aliphatic rings. The van der Waals surface area contributed by atoms with Gasteiger partial charge in [-0.3, -0.25) is 0 Å². The molecule has 2 rings (SSSR count). The zero-order valence-corrected chi connectivity index (χ0v) is 9.04. The lowest BCUT2D eigenvalue weighted by Gasteiger charge is -1.93. The molecule has 2 aromatic rings. The minimum Gasteiger partial charge on any atom is -0.326 e. The highest BCUT2D eigenvalue weighted by atomic mass is 32.1. The average molecular weight is 209 g/mol. The molecule has 0 atom stereocenters. The third kappa shape index (κ3) is 1.68. The van der Waals surface area contributed by atoms with Gasteiger partial charge in [0.15, 0.2) is 0 Å². The Hall–Kier alpha value is -0.640. The second kappa shape index (κ2) is 3.62. The van der Waals surface area contributed by atoms with E-state index in [2.05, 4.69) is 30.5 Å². The molecule has 0 fully saturated rings. The van der Waals surface area contributed by atoms with Crippen LogP contribution in [0.4, 0.5) is 0 Å². The molecular weight excluding hydrogens is 198 g/mol. The Kier molecular flexibility index (Phi) is 2.49. The van der Waals surface area contributed by atoms with E-state index >= 15 is 0 Å². The highest BCUT2D eigenvalue weighted by molar-refractivity contribution is 7.16. The molecule has 3 heteroatoms. The van der Waals surface area contributed by atoms with Crippen LogP contribution in [0, 0.1) is 6.92 Å². The van der Waals surface area contributed by atoms with E-state index in [1.54, 1.807) is 22.7 Å². The van der Waals surface area contributed by atoms with Crippen molar-refractivity contribution in [2.75, 3.05) is 0 Å². The van der Waals surface area contributed by atoms with Crippen LogP contribution in [0.25, 0.3) is 10.4 Å². The van der Waals surface area contributed by atoms with E-state index in [4.69, 9.17) is 5.73 Å². The van der Waals surface area contributed by atoms with E-state index < -0.39 is 0 Å². The summed E-state index contributed by atoms with van der Waals surface area (Å²) in [6, 6.07) is 6.44. The van der Waals surface area contributed by atoms with Crippen LogP contribution in [-0.4, -0.2) is 0 Å². The summed E-state index contributed by atoms with van der Waals surface area (Å²) in [4.78, 5) is 3.96. The number of thiophene rings is 2. The third-order valence-electron chi connectivity index (χ3n) is 1.99. The molecule has 2 aromatic heterocycles. The van der Waals surface area contributed by atoms with E-state index in [0.717, 1.165) is 0 Å². The maximum absolute atomic E-state index is 5.57. The van der Waals surface area contributed by atoms with E-state index in [1.807, 2.05) is 0 Å². The second-order valence-corrected chi connectivity index (χ2v) is 5.15. The van der Waals surface area contributed by atoms with Crippen molar-refractivity contribution < 1.29 is 0 Å². The van der Waals surface area contributed by atoms with Crippen LogP contribution in [0.1, 0.15) is 9.75 Å². The van der Waals surface area contributed by atoms with Crippen molar-refractivity contribution in [1.29, 1.82) is 0 Å². The molecule has 0 saturated heterocycles. The molecule has 0 unspecified atom stereocenters. The van der Waals surface area contributed by atoms with Crippen molar-refractivity contribution in [2.24, 2.45) is 5.73 Å². The average Bonchev–Trinajstić information content (AvgIpc) is 2.71. The molecule has 1 nitrogen and oxygen atoms in total. The number of hydrogen-bond donors (Lipinski definition) is 1. The highest BCUT2D eigenvalue weighted by Crippen LogP contribution is 2.32. The predicted molar refractivity (Wildman–Crippen MR) is 60.3 cm³/mol. The molecule has 0 aliphatic heterocycles. The number of hydrogen-bond acceptors (Lipinski definition) is 3. The van der Waals surface area contributed by atoms with E-state index in [9.17, 15) is 0 Å². The largest absolute Gasteiger partial charge is 0.326 e. The lowest BCUT2D eigenvalue weighted by molar-refractivity contribution is 1.11. The quantitative estimate of drug-likeness (QED) is 0.807. The maximum atomic E-state index is 5.57. The van der Waals surface area contributed by atoms with Crippen LogP contribution >= 0.6 is 22.7 Å². The van der Waals surface area contributed by atoms with Crippen molar-refractivity contribution in [3.63, 3.8) is 0 Å². The summed E-state index contributed by atoms with van der Waals surface area (Å²) in [6.07, 6.45) is 0. The summed E-state index contributed by atoms with van der Waals surface area (Å²) in [6.45, 7) is 2.80. The minimum atomic E-state index is 0.647. The molecule has 0 aromatic carbocycles. The highest BCUT2D eigenvalue weighted by Gasteiger charge is 2.05. The molecule has 2 N–H and O–H groups in total. The standard InChI is InChI=1S/C10H11NS2/c1-7-9(4-5-12-7)10-3-2-8(6-11)13-10/h2-5H,6,11H2,1H3. The van der Waals surface area contributed by atoms with Gasteiger partial charge >= 0.3 is 0 Å². The fraction of sp³-hybridized carbons (Fsp3) is 0.200. The number of rotatable bonds is 2. The first-order valence-corrected chi connectivity index (χ1v) is 5.84. The van der Waals surface area contributed by atoms with E-state index in [0.29, 0.717) is 6.54 Å². The van der Waals surface area contributed by atoms with Crippen LogP contribution in [0.15, 0.2) is 23.6 Å². The van der Waals surface area contributed by atoms with Crippen molar-refractivity contribution in [3.05, 3.63) is 33.3 Å². The maximum Gasteiger partial charge on any atom is 0.0357 e. The van der Waals surface area contributed by atoms with Gasteiger partial charge in [0.2, 0.25) is 0 Å². The SMILES string of the molecule is Cc1sccc1-c1ccc(CN)s1. The van der Waals surface area contributed by atoms with Gasteiger partial charge in [-0.15, -0.1) is 22.7 Å². The Balaban J connectivity index is 2.41. The Labute approximate surface area is 85.8 Å².